The van der Waals surface area contributed by atoms with E-state index in [9.17, 15) is 9.90 Å². The Morgan fingerprint density at radius 2 is 1.71 bits per heavy atom. The van der Waals surface area contributed by atoms with Gasteiger partial charge in [0.15, 0.2) is 0 Å². The predicted molar refractivity (Wildman–Crippen MR) is 69.8 cm³/mol. The third-order valence-corrected chi connectivity index (χ3v) is 3.04. The third kappa shape index (κ3) is 8.19. The van der Waals surface area contributed by atoms with E-state index >= 15 is 0 Å². The summed E-state index contributed by atoms with van der Waals surface area (Å²) in [6, 6.07) is 0. The highest BCUT2D eigenvalue weighted by molar-refractivity contribution is 5.72. The standard InChI is InChI=1S/C14H28O3/c1-4-6-7-8-9-10-11-13(12(3)15)14(16)17-5-2/h12-13,15H,4-11H2,1-3H3/t12-,13+/m1/s1. The predicted octanol–water partition coefficient (Wildman–Crippen LogP) is 3.30. The topological polar surface area (TPSA) is 46.5 Å². The van der Waals surface area contributed by atoms with Crippen LogP contribution in [0.1, 0.15) is 65.7 Å². The number of aliphatic hydroxyl groups is 1. The molecule has 102 valence electrons. The summed E-state index contributed by atoms with van der Waals surface area (Å²) in [6.07, 6.45) is 7.31. The van der Waals surface area contributed by atoms with E-state index in [2.05, 4.69) is 6.92 Å². The lowest BCUT2D eigenvalue weighted by atomic mass is 9.96. The molecule has 0 rings (SSSR count). The summed E-state index contributed by atoms with van der Waals surface area (Å²) >= 11 is 0. The highest BCUT2D eigenvalue weighted by atomic mass is 16.5. The maximum absolute atomic E-state index is 11.6. The van der Waals surface area contributed by atoms with Gasteiger partial charge in [-0.25, -0.2) is 0 Å². The van der Waals surface area contributed by atoms with Gasteiger partial charge in [-0.15, -0.1) is 0 Å². The number of carbonyl (C=O) groups is 1. The summed E-state index contributed by atoms with van der Waals surface area (Å²) in [5, 5.41) is 9.55. The molecule has 3 heteroatoms. The summed E-state index contributed by atoms with van der Waals surface area (Å²) in [4.78, 5) is 11.6. The zero-order chi connectivity index (χ0) is 13.1. The fourth-order valence-corrected chi connectivity index (χ4v) is 1.95. The summed E-state index contributed by atoms with van der Waals surface area (Å²) in [7, 11) is 0. The molecule has 17 heavy (non-hydrogen) atoms. The normalized spacial score (nSPS) is 14.4. The molecular formula is C14H28O3. The Hall–Kier alpha value is -0.570. The van der Waals surface area contributed by atoms with Gasteiger partial charge >= 0.3 is 5.97 Å². The van der Waals surface area contributed by atoms with Crippen LogP contribution in [0, 0.1) is 5.92 Å². The molecule has 0 aromatic heterocycles. The molecule has 0 aliphatic heterocycles. The molecule has 0 spiro atoms. The fraction of sp³-hybridized carbons (Fsp3) is 0.929. The minimum absolute atomic E-state index is 0.254. The second kappa shape index (κ2) is 10.6. The number of aliphatic hydroxyl groups excluding tert-OH is 1. The maximum Gasteiger partial charge on any atom is 0.311 e. The highest BCUT2D eigenvalue weighted by Crippen LogP contribution is 2.17. The zero-order valence-corrected chi connectivity index (χ0v) is 11.6. The van der Waals surface area contributed by atoms with Crippen molar-refractivity contribution in [2.24, 2.45) is 5.92 Å². The van der Waals surface area contributed by atoms with Crippen molar-refractivity contribution in [3.05, 3.63) is 0 Å². The molecule has 0 bridgehead atoms. The minimum atomic E-state index is -0.607. The van der Waals surface area contributed by atoms with Gasteiger partial charge in [-0.05, 0) is 20.3 Å². The number of unbranched alkanes of at least 4 members (excludes halogenated alkanes) is 5. The van der Waals surface area contributed by atoms with Crippen molar-refractivity contribution in [2.45, 2.75) is 71.8 Å². The summed E-state index contributed by atoms with van der Waals surface area (Å²) in [5.41, 5.74) is 0. The molecule has 0 aromatic carbocycles. The van der Waals surface area contributed by atoms with Crippen molar-refractivity contribution in [2.75, 3.05) is 6.61 Å². The average molecular weight is 244 g/mol. The Bertz CT molecular complexity index is 190. The van der Waals surface area contributed by atoms with E-state index in [0.717, 1.165) is 19.3 Å². The largest absolute Gasteiger partial charge is 0.466 e. The number of carbonyl (C=O) groups excluding carboxylic acids is 1. The lowest BCUT2D eigenvalue weighted by Gasteiger charge is -2.17. The highest BCUT2D eigenvalue weighted by Gasteiger charge is 2.24. The number of esters is 1. The van der Waals surface area contributed by atoms with Crippen molar-refractivity contribution in [1.29, 1.82) is 0 Å². The van der Waals surface area contributed by atoms with Gasteiger partial charge in [0.25, 0.3) is 0 Å². The van der Waals surface area contributed by atoms with E-state index in [1.54, 1.807) is 13.8 Å². The number of hydrogen-bond donors (Lipinski definition) is 1. The van der Waals surface area contributed by atoms with Crippen molar-refractivity contribution >= 4 is 5.97 Å². The molecule has 0 saturated heterocycles. The Labute approximate surface area is 106 Å². The molecule has 0 amide bonds. The van der Waals surface area contributed by atoms with Crippen molar-refractivity contribution in [3.63, 3.8) is 0 Å². The van der Waals surface area contributed by atoms with Crippen LogP contribution in [0.15, 0.2) is 0 Å². The second-order valence-electron chi connectivity index (χ2n) is 4.66. The maximum atomic E-state index is 11.6. The monoisotopic (exact) mass is 244 g/mol. The smallest absolute Gasteiger partial charge is 0.311 e. The van der Waals surface area contributed by atoms with E-state index in [4.69, 9.17) is 4.74 Å². The van der Waals surface area contributed by atoms with Crippen LogP contribution in [-0.2, 0) is 9.53 Å². The van der Waals surface area contributed by atoms with E-state index in [-0.39, 0.29) is 11.9 Å². The molecule has 1 N–H and O–H groups in total. The molecule has 0 aliphatic carbocycles. The van der Waals surface area contributed by atoms with Gasteiger partial charge in [0.2, 0.25) is 0 Å². The fourth-order valence-electron chi connectivity index (χ4n) is 1.95. The molecule has 2 atom stereocenters. The summed E-state index contributed by atoms with van der Waals surface area (Å²) in [5.74, 6) is -0.600. The molecule has 0 heterocycles. The molecule has 0 unspecified atom stereocenters. The second-order valence-corrected chi connectivity index (χ2v) is 4.66. The van der Waals surface area contributed by atoms with Crippen LogP contribution >= 0.6 is 0 Å². The van der Waals surface area contributed by atoms with Gasteiger partial charge in [0.1, 0.15) is 0 Å². The molecule has 0 fully saturated rings. The Morgan fingerprint density at radius 3 is 2.24 bits per heavy atom. The van der Waals surface area contributed by atoms with E-state index < -0.39 is 6.10 Å². The Balaban J connectivity index is 3.74. The van der Waals surface area contributed by atoms with Crippen LogP contribution in [0.2, 0.25) is 0 Å². The van der Waals surface area contributed by atoms with Crippen LogP contribution in [0.3, 0.4) is 0 Å². The lowest BCUT2D eigenvalue weighted by Crippen LogP contribution is -2.27. The van der Waals surface area contributed by atoms with E-state index in [1.165, 1.54) is 25.7 Å². The summed E-state index contributed by atoms with van der Waals surface area (Å²) < 4.78 is 4.96. The van der Waals surface area contributed by atoms with Gasteiger partial charge in [0, 0.05) is 0 Å². The van der Waals surface area contributed by atoms with E-state index in [1.807, 2.05) is 0 Å². The van der Waals surface area contributed by atoms with Gasteiger partial charge in [-0.3, -0.25) is 4.79 Å². The molecule has 0 aromatic rings. The van der Waals surface area contributed by atoms with Gasteiger partial charge in [-0.1, -0.05) is 45.4 Å². The van der Waals surface area contributed by atoms with Crippen molar-refractivity contribution in [3.8, 4) is 0 Å². The van der Waals surface area contributed by atoms with Crippen LogP contribution in [0.4, 0.5) is 0 Å². The lowest BCUT2D eigenvalue weighted by molar-refractivity contribution is -0.152. The third-order valence-electron chi connectivity index (χ3n) is 3.04. The van der Waals surface area contributed by atoms with Crippen LogP contribution < -0.4 is 0 Å². The molecule has 0 saturated carbocycles. The Morgan fingerprint density at radius 1 is 1.12 bits per heavy atom. The quantitative estimate of drug-likeness (QED) is 0.474. The Kier molecular flexibility index (Phi) is 10.2. The van der Waals surface area contributed by atoms with Crippen LogP contribution in [-0.4, -0.2) is 23.8 Å². The number of hydrogen-bond acceptors (Lipinski definition) is 3. The summed E-state index contributed by atoms with van der Waals surface area (Å²) in [6.45, 7) is 6.04. The number of rotatable bonds is 10. The van der Waals surface area contributed by atoms with Crippen molar-refractivity contribution < 1.29 is 14.6 Å². The molecule has 3 nitrogen and oxygen atoms in total. The van der Waals surface area contributed by atoms with Gasteiger partial charge < -0.3 is 9.84 Å². The number of ether oxygens (including phenoxy) is 1. The molecular weight excluding hydrogens is 216 g/mol. The SMILES string of the molecule is CCCCCCCC[C@H](C(=O)OCC)[C@@H](C)O. The first-order valence-electron chi connectivity index (χ1n) is 6.98. The van der Waals surface area contributed by atoms with Crippen molar-refractivity contribution in [1.82, 2.24) is 0 Å². The average Bonchev–Trinajstić information content (AvgIpc) is 2.27. The van der Waals surface area contributed by atoms with Gasteiger partial charge in [-0.2, -0.15) is 0 Å². The van der Waals surface area contributed by atoms with Crippen LogP contribution in [0.5, 0.6) is 0 Å². The van der Waals surface area contributed by atoms with Crippen LogP contribution in [0.25, 0.3) is 0 Å². The first-order valence-corrected chi connectivity index (χ1v) is 6.98. The zero-order valence-electron chi connectivity index (χ0n) is 11.6. The van der Waals surface area contributed by atoms with E-state index in [0.29, 0.717) is 6.61 Å². The minimum Gasteiger partial charge on any atom is -0.466 e. The first-order chi connectivity index (χ1) is 8.13. The molecule has 0 radical (unpaired) electrons. The van der Waals surface area contributed by atoms with Gasteiger partial charge in [0.05, 0.1) is 18.6 Å². The first kappa shape index (κ1) is 16.4. The molecule has 0 aliphatic rings.